The molecule has 1 aromatic heterocycles. The van der Waals surface area contributed by atoms with Crippen molar-refractivity contribution in [3.63, 3.8) is 0 Å². The zero-order valence-corrected chi connectivity index (χ0v) is 10.6. The van der Waals surface area contributed by atoms with Gasteiger partial charge in [-0.3, -0.25) is 4.98 Å². The Morgan fingerprint density at radius 3 is 3.11 bits per heavy atom. The predicted octanol–water partition coefficient (Wildman–Crippen LogP) is 1.68. The molecule has 0 aliphatic carbocycles. The summed E-state index contributed by atoms with van der Waals surface area (Å²) in [6, 6.07) is 3.44. The summed E-state index contributed by atoms with van der Waals surface area (Å²) in [5.74, 6) is -0.470. The second-order valence-corrected chi connectivity index (χ2v) is 4.82. The number of ether oxygens (including phenoxy) is 1. The van der Waals surface area contributed by atoms with E-state index < -0.39 is 5.76 Å². The average Bonchev–Trinajstić information content (AvgIpc) is 2.76. The Bertz CT molecular complexity index is 626. The zero-order valence-electron chi connectivity index (χ0n) is 10.6. The van der Waals surface area contributed by atoms with Crippen LogP contribution in [0.4, 0.5) is 11.4 Å². The summed E-state index contributed by atoms with van der Waals surface area (Å²) >= 11 is 0. The molecule has 0 amide bonds. The highest BCUT2D eigenvalue weighted by molar-refractivity contribution is 5.85. The third kappa shape index (κ3) is 2.58. The molecule has 0 radical (unpaired) electrons. The van der Waals surface area contributed by atoms with Crippen LogP contribution < -0.4 is 16.8 Å². The maximum absolute atomic E-state index is 11.1. The number of nitrogen functional groups attached to an aromatic ring is 1. The van der Waals surface area contributed by atoms with E-state index in [1.54, 1.807) is 12.1 Å². The lowest BCUT2D eigenvalue weighted by Crippen LogP contribution is -2.27. The topological polar surface area (TPSA) is 93.3 Å². The minimum Gasteiger partial charge on any atom is -0.408 e. The van der Waals surface area contributed by atoms with E-state index in [2.05, 4.69) is 10.3 Å². The molecule has 0 bridgehead atoms. The fourth-order valence-electron chi connectivity index (χ4n) is 2.36. The third-order valence-electron chi connectivity index (χ3n) is 3.39. The Morgan fingerprint density at radius 2 is 2.32 bits per heavy atom. The van der Waals surface area contributed by atoms with Crippen molar-refractivity contribution in [3.05, 3.63) is 22.7 Å². The number of H-pyrrole nitrogens is 1. The Kier molecular flexibility index (Phi) is 3.16. The van der Waals surface area contributed by atoms with E-state index in [-0.39, 0.29) is 6.10 Å². The van der Waals surface area contributed by atoms with Gasteiger partial charge in [0, 0.05) is 19.2 Å². The first-order chi connectivity index (χ1) is 9.22. The number of anilines is 2. The number of benzene rings is 1. The van der Waals surface area contributed by atoms with Crippen molar-refractivity contribution < 1.29 is 9.15 Å². The summed E-state index contributed by atoms with van der Waals surface area (Å²) in [7, 11) is 0. The molecule has 1 unspecified atom stereocenters. The van der Waals surface area contributed by atoms with Crippen molar-refractivity contribution in [2.24, 2.45) is 0 Å². The van der Waals surface area contributed by atoms with Crippen LogP contribution in [0, 0.1) is 0 Å². The lowest BCUT2D eigenvalue weighted by atomic mass is 10.1. The van der Waals surface area contributed by atoms with Crippen molar-refractivity contribution in [2.75, 3.05) is 24.2 Å². The first kappa shape index (κ1) is 12.1. The third-order valence-corrected chi connectivity index (χ3v) is 3.39. The molecule has 4 N–H and O–H groups in total. The molecule has 1 fully saturated rings. The summed E-state index contributed by atoms with van der Waals surface area (Å²) in [5.41, 5.74) is 8.40. The Hall–Kier alpha value is -1.95. The standard InChI is InChI=1S/C13H17N3O3/c14-9-5-12-11(16-13(17)19-12)6-10(9)15-7-8-3-1-2-4-18-8/h5-6,8,15H,1-4,7,14H2,(H,16,17). The number of hydrogen-bond acceptors (Lipinski definition) is 5. The molecular formula is C13H17N3O3. The number of oxazole rings is 1. The molecule has 2 aromatic rings. The first-order valence-corrected chi connectivity index (χ1v) is 6.50. The van der Waals surface area contributed by atoms with Gasteiger partial charge in [-0.05, 0) is 25.3 Å². The molecule has 6 heteroatoms. The fourth-order valence-corrected chi connectivity index (χ4v) is 2.36. The van der Waals surface area contributed by atoms with Gasteiger partial charge in [-0.2, -0.15) is 0 Å². The monoisotopic (exact) mass is 263 g/mol. The first-order valence-electron chi connectivity index (χ1n) is 6.50. The predicted molar refractivity (Wildman–Crippen MR) is 73.3 cm³/mol. The number of nitrogens with one attached hydrogen (secondary N) is 2. The Morgan fingerprint density at radius 1 is 1.42 bits per heavy atom. The lowest BCUT2D eigenvalue weighted by Gasteiger charge is -2.23. The second-order valence-electron chi connectivity index (χ2n) is 4.82. The molecule has 6 nitrogen and oxygen atoms in total. The van der Waals surface area contributed by atoms with Crippen LogP contribution in [0.25, 0.3) is 11.1 Å². The van der Waals surface area contributed by atoms with E-state index in [1.165, 1.54) is 6.42 Å². The van der Waals surface area contributed by atoms with E-state index in [0.717, 1.165) is 31.7 Å². The van der Waals surface area contributed by atoms with Gasteiger partial charge in [0.1, 0.15) is 0 Å². The van der Waals surface area contributed by atoms with Crippen LogP contribution in [0.2, 0.25) is 0 Å². The van der Waals surface area contributed by atoms with Gasteiger partial charge in [0.05, 0.1) is 23.0 Å². The van der Waals surface area contributed by atoms with Gasteiger partial charge in [-0.15, -0.1) is 0 Å². The number of hydrogen-bond donors (Lipinski definition) is 3. The van der Waals surface area contributed by atoms with E-state index >= 15 is 0 Å². The Labute approximate surface area is 109 Å². The summed E-state index contributed by atoms with van der Waals surface area (Å²) in [5, 5.41) is 3.27. The van der Waals surface area contributed by atoms with Crippen LogP contribution in [0.5, 0.6) is 0 Å². The van der Waals surface area contributed by atoms with Crippen molar-refractivity contribution in [3.8, 4) is 0 Å². The maximum atomic E-state index is 11.1. The molecule has 1 aliphatic rings. The van der Waals surface area contributed by atoms with Gasteiger partial charge < -0.3 is 20.2 Å². The summed E-state index contributed by atoms with van der Waals surface area (Å²) < 4.78 is 10.6. The number of rotatable bonds is 3. The van der Waals surface area contributed by atoms with Gasteiger partial charge >= 0.3 is 5.76 Å². The van der Waals surface area contributed by atoms with Gasteiger partial charge in [0.15, 0.2) is 5.58 Å². The molecule has 1 aromatic carbocycles. The van der Waals surface area contributed by atoms with Gasteiger partial charge in [0.2, 0.25) is 0 Å². The summed E-state index contributed by atoms with van der Waals surface area (Å²) in [6.45, 7) is 1.55. The van der Waals surface area contributed by atoms with Crippen LogP contribution in [-0.2, 0) is 4.74 Å². The van der Waals surface area contributed by atoms with Gasteiger partial charge in [-0.1, -0.05) is 0 Å². The molecular weight excluding hydrogens is 246 g/mol. The highest BCUT2D eigenvalue weighted by Gasteiger charge is 2.14. The van der Waals surface area contributed by atoms with Crippen LogP contribution in [0.1, 0.15) is 19.3 Å². The molecule has 2 heterocycles. The van der Waals surface area contributed by atoms with Crippen LogP contribution >= 0.6 is 0 Å². The SMILES string of the molecule is Nc1cc2oc(=O)[nH]c2cc1NCC1CCCCO1. The summed E-state index contributed by atoms with van der Waals surface area (Å²) in [6.07, 6.45) is 3.64. The highest BCUT2D eigenvalue weighted by atomic mass is 16.5. The summed E-state index contributed by atoms with van der Waals surface area (Å²) in [4.78, 5) is 13.7. The van der Waals surface area contributed by atoms with E-state index in [1.807, 2.05) is 0 Å². The Balaban J connectivity index is 1.76. The largest absolute Gasteiger partial charge is 0.417 e. The molecule has 1 atom stereocenters. The van der Waals surface area contributed by atoms with Crippen molar-refractivity contribution in [2.45, 2.75) is 25.4 Å². The second kappa shape index (κ2) is 4.97. The molecule has 1 aliphatic heterocycles. The molecule has 102 valence electrons. The number of fused-ring (bicyclic) bond motifs is 1. The van der Waals surface area contributed by atoms with Gasteiger partial charge in [-0.25, -0.2) is 4.79 Å². The van der Waals surface area contributed by atoms with Crippen molar-refractivity contribution in [1.82, 2.24) is 4.98 Å². The minimum absolute atomic E-state index is 0.229. The lowest BCUT2D eigenvalue weighted by molar-refractivity contribution is 0.0248. The van der Waals surface area contributed by atoms with E-state index in [4.69, 9.17) is 14.9 Å². The molecule has 0 saturated carbocycles. The highest BCUT2D eigenvalue weighted by Crippen LogP contribution is 2.25. The number of aromatic nitrogens is 1. The van der Waals surface area contributed by atoms with Crippen LogP contribution in [0.3, 0.4) is 0 Å². The van der Waals surface area contributed by atoms with Crippen molar-refractivity contribution >= 4 is 22.5 Å². The van der Waals surface area contributed by atoms with Crippen LogP contribution in [0.15, 0.2) is 21.3 Å². The maximum Gasteiger partial charge on any atom is 0.417 e. The molecule has 0 spiro atoms. The normalized spacial score (nSPS) is 19.7. The molecule has 1 saturated heterocycles. The average molecular weight is 263 g/mol. The van der Waals surface area contributed by atoms with Crippen LogP contribution in [-0.4, -0.2) is 24.2 Å². The fraction of sp³-hybridized carbons (Fsp3) is 0.462. The van der Waals surface area contributed by atoms with E-state index in [0.29, 0.717) is 16.8 Å². The molecule has 19 heavy (non-hydrogen) atoms. The quantitative estimate of drug-likeness (QED) is 0.733. The number of nitrogens with two attached hydrogens (primary N) is 1. The molecule has 3 rings (SSSR count). The van der Waals surface area contributed by atoms with Gasteiger partial charge in [0.25, 0.3) is 0 Å². The zero-order chi connectivity index (χ0) is 13.2. The smallest absolute Gasteiger partial charge is 0.408 e. The number of aromatic amines is 1. The van der Waals surface area contributed by atoms with Crippen molar-refractivity contribution in [1.29, 1.82) is 0 Å². The van der Waals surface area contributed by atoms with E-state index in [9.17, 15) is 4.79 Å². The minimum atomic E-state index is -0.470.